The molecule has 2 heterocycles. The van der Waals surface area contributed by atoms with Gasteiger partial charge in [0.2, 0.25) is 0 Å². The van der Waals surface area contributed by atoms with Gasteiger partial charge in [-0.3, -0.25) is 5.41 Å². The fourth-order valence-electron chi connectivity index (χ4n) is 4.00. The zero-order valence-corrected chi connectivity index (χ0v) is 21.5. The number of carbonyl (C=O) groups is 1. The molecule has 1 fully saturated rings. The van der Waals surface area contributed by atoms with Gasteiger partial charge in [0, 0.05) is 44.9 Å². The van der Waals surface area contributed by atoms with Crippen LogP contribution in [0.25, 0.3) is 0 Å². The number of para-hydroxylation sites is 1. The molecule has 1 saturated heterocycles. The zero-order chi connectivity index (χ0) is 25.2. The largest absolute Gasteiger partial charge is 0.490 e. The standard InChI is InChI=1S/C25H33N5O4S/c1-25(2,3)34-24(31)30-13-11-29(12-14-30)23(26)19-7-5-6-8-20(19)27-35(32)18-9-10-21-22(17-18)33-16-15-28(21)4/h5-10,17,26-27H,11-16H2,1-4H3. The second-order valence-corrected chi connectivity index (χ2v) is 10.8. The van der Waals surface area contributed by atoms with Gasteiger partial charge in [-0.25, -0.2) is 9.00 Å². The zero-order valence-electron chi connectivity index (χ0n) is 20.7. The van der Waals surface area contributed by atoms with E-state index in [9.17, 15) is 9.00 Å². The van der Waals surface area contributed by atoms with Crippen LogP contribution in [0.2, 0.25) is 0 Å². The lowest BCUT2D eigenvalue weighted by molar-refractivity contribution is 0.0187. The monoisotopic (exact) mass is 499 g/mol. The third kappa shape index (κ3) is 5.87. The van der Waals surface area contributed by atoms with Crippen molar-refractivity contribution in [3.8, 4) is 5.75 Å². The van der Waals surface area contributed by atoms with E-state index in [2.05, 4.69) is 9.62 Å². The number of nitrogens with zero attached hydrogens (tertiary/aromatic N) is 3. The van der Waals surface area contributed by atoms with Crippen LogP contribution in [0.1, 0.15) is 26.3 Å². The SMILES string of the molecule is CN1CCOc2cc(S(=O)Nc3ccccc3C(=N)N3CCN(C(=O)OC(C)(C)C)CC3)ccc21. The Kier molecular flexibility index (Phi) is 7.20. The minimum atomic E-state index is -1.53. The van der Waals surface area contributed by atoms with E-state index in [-0.39, 0.29) is 6.09 Å². The highest BCUT2D eigenvalue weighted by Crippen LogP contribution is 2.33. The van der Waals surface area contributed by atoms with E-state index in [4.69, 9.17) is 14.9 Å². The number of amides is 1. The van der Waals surface area contributed by atoms with Gasteiger partial charge in [-0.1, -0.05) is 12.1 Å². The summed E-state index contributed by atoms with van der Waals surface area (Å²) in [4.78, 5) is 18.7. The van der Waals surface area contributed by atoms with E-state index in [1.165, 1.54) is 0 Å². The van der Waals surface area contributed by atoms with Crippen LogP contribution < -0.4 is 14.4 Å². The van der Waals surface area contributed by atoms with E-state index < -0.39 is 16.6 Å². The average molecular weight is 500 g/mol. The Balaban J connectivity index is 1.43. The molecule has 1 atom stereocenters. The van der Waals surface area contributed by atoms with Gasteiger partial charge in [0.25, 0.3) is 0 Å². The van der Waals surface area contributed by atoms with E-state index in [0.29, 0.717) is 54.8 Å². The second kappa shape index (κ2) is 10.2. The molecule has 1 amide bonds. The Morgan fingerprint density at radius 1 is 1.06 bits per heavy atom. The summed E-state index contributed by atoms with van der Waals surface area (Å²) in [6.45, 7) is 8.94. The number of anilines is 2. The summed E-state index contributed by atoms with van der Waals surface area (Å²) in [6.07, 6.45) is -0.332. The first-order valence-corrected chi connectivity index (χ1v) is 12.8. The van der Waals surface area contributed by atoms with Gasteiger partial charge in [-0.15, -0.1) is 0 Å². The summed E-state index contributed by atoms with van der Waals surface area (Å²) < 4.78 is 27.4. The maximum absolute atomic E-state index is 13.2. The molecule has 188 valence electrons. The molecule has 0 aliphatic carbocycles. The summed E-state index contributed by atoms with van der Waals surface area (Å²) in [7, 11) is 0.475. The molecule has 2 aliphatic rings. The summed E-state index contributed by atoms with van der Waals surface area (Å²) in [5, 5.41) is 8.80. The number of nitrogens with one attached hydrogen (secondary N) is 2. The second-order valence-electron chi connectivity index (χ2n) is 9.62. The molecule has 1 unspecified atom stereocenters. The average Bonchev–Trinajstić information content (AvgIpc) is 2.83. The molecule has 9 nitrogen and oxygen atoms in total. The molecule has 35 heavy (non-hydrogen) atoms. The maximum atomic E-state index is 13.2. The number of fused-ring (bicyclic) bond motifs is 1. The van der Waals surface area contributed by atoms with Gasteiger partial charge in [0.05, 0.1) is 22.8 Å². The predicted octanol–water partition coefficient (Wildman–Crippen LogP) is 3.53. The molecule has 2 aromatic carbocycles. The Hall–Kier alpha value is -3.27. The summed E-state index contributed by atoms with van der Waals surface area (Å²) in [5.41, 5.74) is 1.70. The minimum absolute atomic E-state index is 0.323. The molecule has 0 radical (unpaired) electrons. The lowest BCUT2D eigenvalue weighted by Gasteiger charge is -2.37. The first-order chi connectivity index (χ1) is 16.6. The molecule has 2 aliphatic heterocycles. The number of ether oxygens (including phenoxy) is 2. The first-order valence-electron chi connectivity index (χ1n) is 11.7. The highest BCUT2D eigenvalue weighted by atomic mass is 32.2. The highest BCUT2D eigenvalue weighted by molar-refractivity contribution is 7.86. The van der Waals surface area contributed by atoms with Gasteiger partial charge >= 0.3 is 6.09 Å². The predicted molar refractivity (Wildman–Crippen MR) is 138 cm³/mol. The number of rotatable bonds is 4. The van der Waals surface area contributed by atoms with Crippen molar-refractivity contribution < 1.29 is 18.5 Å². The molecule has 0 bridgehead atoms. The van der Waals surface area contributed by atoms with Gasteiger partial charge in [-0.05, 0) is 45.0 Å². The molecule has 10 heteroatoms. The normalized spacial score (nSPS) is 16.7. The van der Waals surface area contributed by atoms with Crippen molar-refractivity contribution in [3.63, 3.8) is 0 Å². The number of amidine groups is 1. The molecule has 2 N–H and O–H groups in total. The van der Waals surface area contributed by atoms with Crippen molar-refractivity contribution in [1.82, 2.24) is 9.80 Å². The third-order valence-electron chi connectivity index (χ3n) is 5.87. The number of carbonyl (C=O) groups excluding carboxylic acids is 1. The summed E-state index contributed by atoms with van der Waals surface area (Å²) >= 11 is 0. The van der Waals surface area contributed by atoms with Crippen LogP contribution in [0.4, 0.5) is 16.2 Å². The lowest BCUT2D eigenvalue weighted by Crippen LogP contribution is -2.51. The Labute approximate surface area is 209 Å². The number of hydrogen-bond acceptors (Lipinski definition) is 6. The van der Waals surface area contributed by atoms with Crippen molar-refractivity contribution in [1.29, 1.82) is 5.41 Å². The molecule has 4 rings (SSSR count). The Bertz CT molecular complexity index is 1130. The molecule has 0 saturated carbocycles. The van der Waals surface area contributed by atoms with Gasteiger partial charge in [0.15, 0.2) is 0 Å². The molecule has 0 spiro atoms. The lowest BCUT2D eigenvalue weighted by atomic mass is 10.1. The molecule has 0 aromatic heterocycles. The highest BCUT2D eigenvalue weighted by Gasteiger charge is 2.28. The van der Waals surface area contributed by atoms with E-state index >= 15 is 0 Å². The van der Waals surface area contributed by atoms with Gasteiger partial charge in [0.1, 0.15) is 34.8 Å². The van der Waals surface area contributed by atoms with Crippen molar-refractivity contribution in [2.75, 3.05) is 56.0 Å². The van der Waals surface area contributed by atoms with Crippen molar-refractivity contribution in [3.05, 3.63) is 48.0 Å². The van der Waals surface area contributed by atoms with Crippen molar-refractivity contribution in [2.45, 2.75) is 31.3 Å². The number of piperazine rings is 1. The summed E-state index contributed by atoms with van der Waals surface area (Å²) in [5.74, 6) is 1.04. The van der Waals surface area contributed by atoms with Crippen LogP contribution in [0, 0.1) is 5.41 Å². The Morgan fingerprint density at radius 3 is 2.46 bits per heavy atom. The third-order valence-corrected chi connectivity index (χ3v) is 6.96. The fraction of sp³-hybridized carbons (Fsp3) is 0.440. The van der Waals surface area contributed by atoms with Crippen LogP contribution in [-0.2, 0) is 15.7 Å². The number of likely N-dealkylation sites (N-methyl/N-ethyl adjacent to an activating group) is 1. The van der Waals surface area contributed by atoms with Crippen LogP contribution in [-0.4, -0.2) is 77.9 Å². The molecular formula is C25H33N5O4S. The van der Waals surface area contributed by atoms with Crippen molar-refractivity contribution in [2.24, 2.45) is 0 Å². The summed E-state index contributed by atoms with van der Waals surface area (Å²) in [6, 6.07) is 12.9. The fourth-order valence-corrected chi connectivity index (χ4v) is 4.90. The van der Waals surface area contributed by atoms with E-state index in [1.807, 2.05) is 69.1 Å². The maximum Gasteiger partial charge on any atom is 0.410 e. The Morgan fingerprint density at radius 2 is 1.74 bits per heavy atom. The van der Waals surface area contributed by atoms with Crippen LogP contribution in [0.3, 0.4) is 0 Å². The quantitative estimate of drug-likeness (QED) is 0.493. The van der Waals surface area contributed by atoms with E-state index in [1.54, 1.807) is 11.0 Å². The molecular weight excluding hydrogens is 466 g/mol. The smallest absolute Gasteiger partial charge is 0.410 e. The first kappa shape index (κ1) is 24.8. The van der Waals surface area contributed by atoms with Gasteiger partial charge < -0.3 is 28.9 Å². The number of benzene rings is 2. The number of hydrogen-bond donors (Lipinski definition) is 2. The van der Waals surface area contributed by atoms with Crippen LogP contribution >= 0.6 is 0 Å². The van der Waals surface area contributed by atoms with Gasteiger partial charge in [-0.2, -0.15) is 0 Å². The topological polar surface area (TPSA) is 98.2 Å². The van der Waals surface area contributed by atoms with Crippen molar-refractivity contribution >= 4 is 34.3 Å². The van der Waals surface area contributed by atoms with Crippen LogP contribution in [0.5, 0.6) is 5.75 Å². The van der Waals surface area contributed by atoms with E-state index in [0.717, 1.165) is 18.0 Å². The molecule has 2 aromatic rings. The minimum Gasteiger partial charge on any atom is -0.490 e. The van der Waals surface area contributed by atoms with Crippen LogP contribution in [0.15, 0.2) is 47.4 Å².